The first-order valence-corrected chi connectivity index (χ1v) is 22.1. The quantitative estimate of drug-likeness (QED) is 0.0939. The number of thioether (sulfide) groups is 1. The molecule has 2 aliphatic heterocycles. The highest BCUT2D eigenvalue weighted by Gasteiger charge is 2.66. The third kappa shape index (κ3) is 6.17. The van der Waals surface area contributed by atoms with E-state index in [2.05, 4.69) is 103 Å². The van der Waals surface area contributed by atoms with Gasteiger partial charge in [-0.1, -0.05) is 138 Å². The van der Waals surface area contributed by atoms with E-state index in [1.165, 1.54) is 27.0 Å². The number of fused-ring (bicyclic) bond motifs is 1. The van der Waals surface area contributed by atoms with Crippen LogP contribution in [0.2, 0.25) is 23.2 Å². The topological polar surface area (TPSA) is 93.1 Å². The van der Waals surface area contributed by atoms with Crippen molar-refractivity contribution in [3.8, 4) is 0 Å². The summed E-state index contributed by atoms with van der Waals surface area (Å²) in [5, 5.41) is 11.8. The van der Waals surface area contributed by atoms with Crippen LogP contribution < -0.4 is 10.4 Å². The van der Waals surface area contributed by atoms with E-state index in [0.717, 1.165) is 5.56 Å². The second-order valence-electron chi connectivity index (χ2n) is 15.3. The van der Waals surface area contributed by atoms with Crippen molar-refractivity contribution in [2.24, 2.45) is 5.41 Å². The zero-order valence-electron chi connectivity index (χ0n) is 29.2. The summed E-state index contributed by atoms with van der Waals surface area (Å²) < 4.78 is 13.4. The van der Waals surface area contributed by atoms with E-state index >= 15 is 0 Å². The molecule has 2 aliphatic rings. The van der Waals surface area contributed by atoms with Crippen LogP contribution >= 0.6 is 11.8 Å². The van der Waals surface area contributed by atoms with Crippen LogP contribution in [-0.2, 0) is 29.8 Å². The summed E-state index contributed by atoms with van der Waals surface area (Å²) in [5.41, 5.74) is 0.246. The number of β-lactam (4-membered cyclic amide) rings is 1. The Morgan fingerprint density at radius 3 is 1.88 bits per heavy atom. The molecule has 0 unspecified atom stereocenters. The maximum absolute atomic E-state index is 13.5. The molecule has 10 heteroatoms. The van der Waals surface area contributed by atoms with Crippen LogP contribution in [0, 0.1) is 5.41 Å². The molecule has 1 fully saturated rings. The maximum atomic E-state index is 13.5. The Bertz CT molecular complexity index is 1660. The third-order valence-corrected chi connectivity index (χ3v) is 21.3. The lowest BCUT2D eigenvalue weighted by atomic mass is 9.76. The van der Waals surface area contributed by atoms with Gasteiger partial charge in [-0.3, -0.25) is 9.69 Å². The Morgan fingerprint density at radius 1 is 0.875 bits per heavy atom. The van der Waals surface area contributed by atoms with Crippen molar-refractivity contribution in [2.45, 2.75) is 83.1 Å². The molecule has 0 spiro atoms. The molecule has 2 heterocycles. The second kappa shape index (κ2) is 13.2. The number of hydrogen-bond acceptors (Lipinski definition) is 6. The Kier molecular flexibility index (Phi) is 9.91. The number of carbonyl (C=O) groups excluding carboxylic acids is 2. The van der Waals surface area contributed by atoms with E-state index in [1.54, 1.807) is 0 Å². The standard InChI is InChI=1S/C38H47NO6SSi2/c1-36(2,3)47(7,8)44-24-23-38(26-40)34(43)39-31(33(41)42)32(46-35(38)39)28-21-19-27(20-22-28)25-45-48(37(4,5)6,29-15-11-9-12-16-29)30-17-13-10-14-18-30/h9-22,26,35H,23-25H2,1-8H3,(H,41,42)/t35-,38+/m1/s1. The number of amides is 1. The molecule has 0 radical (unpaired) electrons. The van der Waals surface area contributed by atoms with Gasteiger partial charge in [0, 0.05) is 11.5 Å². The fraction of sp³-hybridized carbons (Fsp3) is 0.395. The van der Waals surface area contributed by atoms with Gasteiger partial charge in [0.25, 0.3) is 8.32 Å². The highest BCUT2D eigenvalue weighted by molar-refractivity contribution is 8.09. The van der Waals surface area contributed by atoms with Gasteiger partial charge in [0.05, 0.1) is 6.61 Å². The minimum absolute atomic E-state index is 0.0129. The first-order valence-electron chi connectivity index (χ1n) is 16.4. The van der Waals surface area contributed by atoms with Gasteiger partial charge < -0.3 is 18.8 Å². The van der Waals surface area contributed by atoms with Crippen molar-refractivity contribution in [1.82, 2.24) is 4.90 Å². The predicted octanol–water partition coefficient (Wildman–Crippen LogP) is 7.03. The number of carbonyl (C=O) groups is 3. The lowest BCUT2D eigenvalue weighted by Gasteiger charge is -2.49. The van der Waals surface area contributed by atoms with Gasteiger partial charge in [-0.25, -0.2) is 4.79 Å². The fourth-order valence-corrected chi connectivity index (χ4v) is 13.6. The first kappa shape index (κ1) is 36.0. The number of rotatable bonds is 12. The maximum Gasteiger partial charge on any atom is 0.353 e. The summed E-state index contributed by atoms with van der Waals surface area (Å²) in [6.45, 7) is 18.0. The fourth-order valence-electron chi connectivity index (χ4n) is 6.45. The zero-order valence-corrected chi connectivity index (χ0v) is 32.0. The van der Waals surface area contributed by atoms with E-state index in [4.69, 9.17) is 8.85 Å². The molecule has 5 rings (SSSR count). The van der Waals surface area contributed by atoms with Crippen molar-refractivity contribution in [3.05, 3.63) is 102 Å². The van der Waals surface area contributed by atoms with E-state index < -0.39 is 39.3 Å². The number of nitrogens with zero attached hydrogens (tertiary/aromatic N) is 1. The summed E-state index contributed by atoms with van der Waals surface area (Å²) in [6, 6.07) is 28.6. The largest absolute Gasteiger partial charge is 0.477 e. The Morgan fingerprint density at radius 2 is 1.42 bits per heavy atom. The number of carboxylic acid groups (broad SMARTS) is 1. The van der Waals surface area contributed by atoms with E-state index in [-0.39, 0.29) is 28.8 Å². The number of benzene rings is 3. The van der Waals surface area contributed by atoms with Crippen molar-refractivity contribution in [3.63, 3.8) is 0 Å². The number of hydrogen-bond donors (Lipinski definition) is 1. The van der Waals surface area contributed by atoms with Crippen LogP contribution in [0.15, 0.2) is 90.6 Å². The van der Waals surface area contributed by atoms with Gasteiger partial charge in [-0.05, 0) is 51.1 Å². The summed E-state index contributed by atoms with van der Waals surface area (Å²) in [5.74, 6) is -1.67. The molecule has 254 valence electrons. The van der Waals surface area contributed by atoms with Crippen LogP contribution in [0.3, 0.4) is 0 Å². The lowest BCUT2D eigenvalue weighted by molar-refractivity contribution is -0.165. The molecule has 0 saturated carbocycles. The zero-order chi connectivity index (χ0) is 35.1. The van der Waals surface area contributed by atoms with Gasteiger partial charge in [-0.2, -0.15) is 0 Å². The molecule has 1 saturated heterocycles. The molecule has 7 nitrogen and oxygen atoms in total. The van der Waals surface area contributed by atoms with Gasteiger partial charge >= 0.3 is 5.97 Å². The summed E-state index contributed by atoms with van der Waals surface area (Å²) in [6.07, 6.45) is 0.918. The molecule has 0 aliphatic carbocycles. The second-order valence-corrected chi connectivity index (χ2v) is 25.5. The normalized spacial score (nSPS) is 20.0. The summed E-state index contributed by atoms with van der Waals surface area (Å²) in [4.78, 5) is 40.3. The summed E-state index contributed by atoms with van der Waals surface area (Å²) in [7, 11) is -4.84. The molecular formula is C38H47NO6SSi2. The first-order chi connectivity index (χ1) is 22.5. The van der Waals surface area contributed by atoms with Crippen molar-refractivity contribution in [1.29, 1.82) is 0 Å². The Hall–Kier alpha value is -3.29. The average molecular weight is 702 g/mol. The predicted molar refractivity (Wildman–Crippen MR) is 198 cm³/mol. The van der Waals surface area contributed by atoms with Crippen molar-refractivity contribution >= 4 is 61.8 Å². The number of aliphatic carboxylic acids is 1. The van der Waals surface area contributed by atoms with E-state index in [9.17, 15) is 19.5 Å². The molecule has 1 N–H and O–H groups in total. The van der Waals surface area contributed by atoms with Crippen molar-refractivity contribution < 1.29 is 28.3 Å². The molecule has 0 bridgehead atoms. The minimum atomic E-state index is -2.75. The minimum Gasteiger partial charge on any atom is -0.477 e. The van der Waals surface area contributed by atoms with E-state index in [0.29, 0.717) is 23.4 Å². The number of carboxylic acids is 1. The van der Waals surface area contributed by atoms with Crippen molar-refractivity contribution in [2.75, 3.05) is 6.61 Å². The Balaban J connectivity index is 1.38. The van der Waals surface area contributed by atoms with Crippen LogP contribution in [0.1, 0.15) is 59.1 Å². The molecule has 3 aromatic carbocycles. The molecular weight excluding hydrogens is 655 g/mol. The van der Waals surface area contributed by atoms with E-state index in [1.807, 2.05) is 36.4 Å². The third-order valence-electron chi connectivity index (χ3n) is 10.3. The van der Waals surface area contributed by atoms with Crippen LogP contribution in [0.4, 0.5) is 0 Å². The van der Waals surface area contributed by atoms with Gasteiger partial charge in [0.2, 0.25) is 5.91 Å². The molecule has 1 amide bonds. The van der Waals surface area contributed by atoms with Crippen LogP contribution in [0.25, 0.3) is 4.91 Å². The smallest absolute Gasteiger partial charge is 0.353 e. The SMILES string of the molecule is CC(C)(C)[Si](C)(C)OCC[C@]1(C=O)C(=O)N2C(C(=O)O)=C(c3ccc(CO[Si](c4ccccc4)(c4ccccc4)C(C)(C)C)cc3)S[C@@H]21. The number of aldehydes is 1. The summed E-state index contributed by atoms with van der Waals surface area (Å²) >= 11 is 1.27. The Labute approximate surface area is 291 Å². The molecule has 2 atom stereocenters. The highest BCUT2D eigenvalue weighted by atomic mass is 32.2. The van der Waals surface area contributed by atoms with Crippen LogP contribution in [-0.4, -0.2) is 56.8 Å². The molecule has 0 aromatic heterocycles. The molecule has 48 heavy (non-hydrogen) atoms. The van der Waals surface area contributed by atoms with Gasteiger partial charge in [0.1, 0.15) is 22.8 Å². The van der Waals surface area contributed by atoms with Gasteiger partial charge in [0.15, 0.2) is 8.32 Å². The van der Waals surface area contributed by atoms with Crippen LogP contribution in [0.5, 0.6) is 0 Å². The molecule has 3 aromatic rings. The average Bonchev–Trinajstić information content (AvgIpc) is 3.41. The lowest BCUT2D eigenvalue weighted by Crippen LogP contribution is -2.67. The van der Waals surface area contributed by atoms with Gasteiger partial charge in [-0.15, -0.1) is 0 Å². The highest BCUT2D eigenvalue weighted by Crippen LogP contribution is 2.59. The monoisotopic (exact) mass is 701 g/mol.